The molecule has 1 aliphatic rings. The Morgan fingerprint density at radius 1 is 1.36 bits per heavy atom. The van der Waals surface area contributed by atoms with Crippen molar-refractivity contribution in [3.63, 3.8) is 0 Å². The molecule has 1 heterocycles. The third-order valence-corrected chi connectivity index (χ3v) is 5.25. The van der Waals surface area contributed by atoms with E-state index in [1.54, 1.807) is 0 Å². The van der Waals surface area contributed by atoms with E-state index in [0.29, 0.717) is 29.9 Å². The van der Waals surface area contributed by atoms with E-state index in [9.17, 15) is 4.79 Å². The molecule has 0 spiro atoms. The van der Waals surface area contributed by atoms with Crippen LogP contribution in [0, 0.1) is 5.92 Å². The number of hydrogen-bond acceptors (Lipinski definition) is 3. The van der Waals surface area contributed by atoms with Gasteiger partial charge in [0.1, 0.15) is 0 Å². The largest absolute Gasteiger partial charge is 0.353 e. The van der Waals surface area contributed by atoms with Crippen molar-refractivity contribution in [2.24, 2.45) is 5.92 Å². The molecule has 2 atom stereocenters. The fourth-order valence-electron chi connectivity index (χ4n) is 3.79. The molecule has 1 amide bonds. The van der Waals surface area contributed by atoms with Gasteiger partial charge in [0.2, 0.25) is 5.91 Å². The molecule has 1 aromatic carbocycles. The lowest BCUT2D eigenvalue weighted by atomic mass is 9.84. The first-order valence-electron chi connectivity index (χ1n) is 9.08. The fraction of sp³-hybridized carbons (Fsp3) is 0.579. The summed E-state index contributed by atoms with van der Waals surface area (Å²) in [6.07, 6.45) is 7.02. The third kappa shape index (κ3) is 4.73. The summed E-state index contributed by atoms with van der Waals surface area (Å²) in [5.41, 5.74) is 0.975. The Morgan fingerprint density at radius 2 is 2.16 bits per heavy atom. The minimum Gasteiger partial charge on any atom is -0.353 e. The van der Waals surface area contributed by atoms with Crippen molar-refractivity contribution in [2.75, 3.05) is 20.6 Å². The monoisotopic (exact) mass is 362 g/mol. The van der Waals surface area contributed by atoms with Crippen LogP contribution in [0.5, 0.6) is 0 Å². The lowest BCUT2D eigenvalue weighted by Crippen LogP contribution is -2.45. The first-order chi connectivity index (χ1) is 12.0. The van der Waals surface area contributed by atoms with E-state index in [1.165, 1.54) is 19.3 Å². The molecule has 2 unspecified atom stereocenters. The Balaban J connectivity index is 1.57. The van der Waals surface area contributed by atoms with Gasteiger partial charge in [-0.3, -0.25) is 9.48 Å². The average Bonchev–Trinajstić information content (AvgIpc) is 2.96. The maximum absolute atomic E-state index is 12.4. The van der Waals surface area contributed by atoms with Gasteiger partial charge in [0.15, 0.2) is 0 Å². The Morgan fingerprint density at radius 3 is 2.96 bits per heavy atom. The van der Waals surface area contributed by atoms with Crippen LogP contribution in [0.1, 0.15) is 32.1 Å². The van der Waals surface area contributed by atoms with Crippen LogP contribution in [0.2, 0.25) is 5.02 Å². The van der Waals surface area contributed by atoms with E-state index in [1.807, 2.05) is 29.1 Å². The van der Waals surface area contributed by atoms with Crippen LogP contribution in [0.25, 0.3) is 10.9 Å². The molecular weight excluding hydrogens is 336 g/mol. The number of fused-ring (bicyclic) bond motifs is 1. The Kier molecular flexibility index (Phi) is 5.97. The molecule has 1 N–H and O–H groups in total. The van der Waals surface area contributed by atoms with E-state index >= 15 is 0 Å². The minimum absolute atomic E-state index is 0.112. The normalized spacial score (nSPS) is 21.0. The second-order valence-corrected chi connectivity index (χ2v) is 7.74. The fourth-order valence-corrected chi connectivity index (χ4v) is 3.96. The van der Waals surface area contributed by atoms with Crippen molar-refractivity contribution < 1.29 is 4.79 Å². The molecule has 6 heteroatoms. The van der Waals surface area contributed by atoms with Crippen LogP contribution in [-0.4, -0.2) is 47.3 Å². The van der Waals surface area contributed by atoms with E-state index in [0.717, 1.165) is 23.9 Å². The second kappa shape index (κ2) is 8.19. The molecule has 0 aliphatic heterocycles. The van der Waals surface area contributed by atoms with Gasteiger partial charge < -0.3 is 10.2 Å². The molecule has 25 heavy (non-hydrogen) atoms. The van der Waals surface area contributed by atoms with Crippen LogP contribution in [0.3, 0.4) is 0 Å². The highest BCUT2D eigenvalue weighted by Crippen LogP contribution is 2.25. The first kappa shape index (κ1) is 18.2. The van der Waals surface area contributed by atoms with Crippen molar-refractivity contribution in [1.82, 2.24) is 20.0 Å². The van der Waals surface area contributed by atoms with E-state index in [2.05, 4.69) is 29.4 Å². The van der Waals surface area contributed by atoms with Gasteiger partial charge in [-0.05, 0) is 51.1 Å². The van der Waals surface area contributed by atoms with Gasteiger partial charge in [-0.15, -0.1) is 0 Å². The van der Waals surface area contributed by atoms with Gasteiger partial charge in [0.05, 0.1) is 18.3 Å². The molecular formula is C19H27ClN4O. The summed E-state index contributed by atoms with van der Waals surface area (Å²) in [5.74, 6) is 0.665. The Hall–Kier alpha value is -1.59. The van der Waals surface area contributed by atoms with Gasteiger partial charge in [0.25, 0.3) is 0 Å². The van der Waals surface area contributed by atoms with E-state index in [4.69, 9.17) is 11.6 Å². The Labute approximate surface area is 154 Å². The van der Waals surface area contributed by atoms with Crippen molar-refractivity contribution in [3.05, 3.63) is 29.4 Å². The average molecular weight is 363 g/mol. The number of nitrogens with one attached hydrogen (secondary N) is 1. The highest BCUT2D eigenvalue weighted by Gasteiger charge is 2.26. The molecule has 136 valence electrons. The quantitative estimate of drug-likeness (QED) is 0.857. The molecule has 3 rings (SSSR count). The number of hydrogen-bond donors (Lipinski definition) is 1. The van der Waals surface area contributed by atoms with E-state index in [-0.39, 0.29) is 5.91 Å². The summed E-state index contributed by atoms with van der Waals surface area (Å²) >= 11 is 6.07. The van der Waals surface area contributed by atoms with Gasteiger partial charge in [-0.2, -0.15) is 5.10 Å². The number of carbonyl (C=O) groups excluding carboxylic acids is 1. The number of benzene rings is 1. The zero-order valence-electron chi connectivity index (χ0n) is 15.0. The maximum Gasteiger partial charge on any atom is 0.222 e. The van der Waals surface area contributed by atoms with Crippen molar-refractivity contribution in [3.8, 4) is 0 Å². The number of nitrogens with zero attached hydrogens (tertiary/aromatic N) is 3. The SMILES string of the molecule is CN(C)CC1CCCCC1NC(=O)CCn1ncc2ccc(Cl)cc21. The van der Waals surface area contributed by atoms with Crippen LogP contribution >= 0.6 is 11.6 Å². The molecule has 1 saturated carbocycles. The number of aryl methyl sites for hydroxylation is 1. The summed E-state index contributed by atoms with van der Waals surface area (Å²) < 4.78 is 1.86. The number of aromatic nitrogens is 2. The lowest BCUT2D eigenvalue weighted by molar-refractivity contribution is -0.122. The molecule has 0 saturated heterocycles. The maximum atomic E-state index is 12.4. The predicted octanol–water partition coefficient (Wildman–Crippen LogP) is 3.32. The first-order valence-corrected chi connectivity index (χ1v) is 9.46. The highest BCUT2D eigenvalue weighted by atomic mass is 35.5. The molecule has 1 aromatic heterocycles. The molecule has 5 nitrogen and oxygen atoms in total. The van der Waals surface area contributed by atoms with Crippen LogP contribution in [-0.2, 0) is 11.3 Å². The van der Waals surface area contributed by atoms with Gasteiger partial charge in [-0.1, -0.05) is 24.4 Å². The summed E-state index contributed by atoms with van der Waals surface area (Å²) in [7, 11) is 4.20. The predicted molar refractivity (Wildman–Crippen MR) is 102 cm³/mol. The summed E-state index contributed by atoms with van der Waals surface area (Å²) in [6.45, 7) is 1.61. The molecule has 1 fully saturated rings. The lowest BCUT2D eigenvalue weighted by Gasteiger charge is -2.34. The van der Waals surface area contributed by atoms with Crippen molar-refractivity contribution in [1.29, 1.82) is 0 Å². The summed E-state index contributed by atoms with van der Waals surface area (Å²) in [6, 6.07) is 6.01. The van der Waals surface area contributed by atoms with Crippen molar-refractivity contribution >= 4 is 28.4 Å². The number of amides is 1. The van der Waals surface area contributed by atoms with Crippen LogP contribution in [0.4, 0.5) is 0 Å². The minimum atomic E-state index is 0.112. The van der Waals surface area contributed by atoms with Crippen LogP contribution < -0.4 is 5.32 Å². The van der Waals surface area contributed by atoms with Gasteiger partial charge in [0, 0.05) is 29.4 Å². The second-order valence-electron chi connectivity index (χ2n) is 7.30. The zero-order valence-corrected chi connectivity index (χ0v) is 15.8. The zero-order chi connectivity index (χ0) is 17.8. The third-order valence-electron chi connectivity index (χ3n) is 5.01. The highest BCUT2D eigenvalue weighted by molar-refractivity contribution is 6.31. The topological polar surface area (TPSA) is 50.2 Å². The molecule has 2 aromatic rings. The molecule has 0 radical (unpaired) electrons. The number of halogens is 1. The number of rotatable bonds is 6. The van der Waals surface area contributed by atoms with Crippen molar-refractivity contribution in [2.45, 2.75) is 44.7 Å². The summed E-state index contributed by atoms with van der Waals surface area (Å²) in [5, 5.41) is 9.38. The van der Waals surface area contributed by atoms with Gasteiger partial charge >= 0.3 is 0 Å². The Bertz CT molecular complexity index is 727. The summed E-state index contributed by atoms with van der Waals surface area (Å²) in [4.78, 5) is 14.7. The van der Waals surface area contributed by atoms with Gasteiger partial charge in [-0.25, -0.2) is 0 Å². The van der Waals surface area contributed by atoms with E-state index < -0.39 is 0 Å². The number of carbonyl (C=O) groups is 1. The molecule has 0 bridgehead atoms. The standard InChI is InChI=1S/C19H27ClN4O/c1-23(2)13-15-5-3-4-6-17(15)22-19(25)9-10-24-18-11-16(20)8-7-14(18)12-21-24/h7-8,11-12,15,17H,3-6,9-10,13H2,1-2H3,(H,22,25). The molecule has 1 aliphatic carbocycles. The van der Waals surface area contributed by atoms with Crippen LogP contribution in [0.15, 0.2) is 24.4 Å². The smallest absolute Gasteiger partial charge is 0.222 e.